The fourth-order valence-corrected chi connectivity index (χ4v) is 3.22. The molecular weight excluding hydrogens is 266 g/mol. The number of benzene rings is 1. The van der Waals surface area contributed by atoms with E-state index in [9.17, 15) is 5.11 Å². The summed E-state index contributed by atoms with van der Waals surface area (Å²) in [5, 5.41) is 10.7. The Hall–Kier alpha value is -1.10. The molecule has 1 N–H and O–H groups in total. The number of hydrogen-bond acceptors (Lipinski definition) is 4. The summed E-state index contributed by atoms with van der Waals surface area (Å²) in [6, 6.07) is 8.55. The van der Waals surface area contributed by atoms with Crippen LogP contribution in [-0.4, -0.2) is 54.6 Å². The van der Waals surface area contributed by atoms with E-state index in [2.05, 4.69) is 11.8 Å². The summed E-state index contributed by atoms with van der Waals surface area (Å²) < 4.78 is 11.2. The van der Waals surface area contributed by atoms with Gasteiger partial charge in [-0.1, -0.05) is 17.7 Å². The van der Waals surface area contributed by atoms with Crippen molar-refractivity contribution < 1.29 is 14.6 Å². The van der Waals surface area contributed by atoms with Crippen LogP contribution in [0.5, 0.6) is 5.75 Å². The van der Waals surface area contributed by atoms with Gasteiger partial charge in [0.1, 0.15) is 18.0 Å². The Morgan fingerprint density at radius 1 is 1.29 bits per heavy atom. The van der Waals surface area contributed by atoms with Crippen LogP contribution < -0.4 is 4.74 Å². The molecule has 0 amide bonds. The molecule has 0 aliphatic carbocycles. The van der Waals surface area contributed by atoms with Crippen LogP contribution in [0.15, 0.2) is 24.3 Å². The Bertz CT molecular complexity index is 456. The maximum atomic E-state index is 10.7. The third kappa shape index (κ3) is 3.76. The van der Waals surface area contributed by atoms with Gasteiger partial charge in [-0.25, -0.2) is 0 Å². The number of hydrogen-bond donors (Lipinski definition) is 1. The highest BCUT2D eigenvalue weighted by Crippen LogP contribution is 2.27. The van der Waals surface area contributed by atoms with Crippen LogP contribution in [0.2, 0.25) is 0 Å². The fourth-order valence-electron chi connectivity index (χ4n) is 3.22. The van der Waals surface area contributed by atoms with Gasteiger partial charge in [0.2, 0.25) is 0 Å². The third-order valence-corrected chi connectivity index (χ3v) is 4.60. The maximum Gasteiger partial charge on any atom is 0.119 e. The molecule has 3 rings (SSSR count). The van der Waals surface area contributed by atoms with E-state index in [0.717, 1.165) is 44.8 Å². The van der Waals surface area contributed by atoms with Gasteiger partial charge >= 0.3 is 0 Å². The van der Waals surface area contributed by atoms with Crippen molar-refractivity contribution in [3.05, 3.63) is 29.8 Å². The first-order chi connectivity index (χ1) is 10.1. The molecule has 21 heavy (non-hydrogen) atoms. The van der Waals surface area contributed by atoms with Crippen LogP contribution in [0.3, 0.4) is 0 Å². The largest absolute Gasteiger partial charge is 0.491 e. The van der Waals surface area contributed by atoms with Crippen molar-refractivity contribution in [3.63, 3.8) is 0 Å². The van der Waals surface area contributed by atoms with E-state index in [4.69, 9.17) is 9.47 Å². The van der Waals surface area contributed by atoms with Gasteiger partial charge < -0.3 is 14.6 Å². The average Bonchev–Trinajstić information content (AvgIpc) is 2.91. The second kappa shape index (κ2) is 6.34. The Balaban J connectivity index is 1.52. The highest BCUT2D eigenvalue weighted by atomic mass is 16.5. The van der Waals surface area contributed by atoms with Gasteiger partial charge in [-0.3, -0.25) is 4.90 Å². The van der Waals surface area contributed by atoms with Crippen molar-refractivity contribution in [2.45, 2.75) is 37.8 Å². The molecule has 0 saturated carbocycles. The summed E-state index contributed by atoms with van der Waals surface area (Å²) in [7, 11) is 0. The van der Waals surface area contributed by atoms with Gasteiger partial charge in [-0.15, -0.1) is 0 Å². The molecule has 0 unspecified atom stereocenters. The maximum absolute atomic E-state index is 10.7. The highest BCUT2D eigenvalue weighted by Gasteiger charge is 2.39. The molecular formula is C17H25NO3. The first-order valence-electron chi connectivity index (χ1n) is 7.88. The molecule has 1 atom stereocenters. The molecule has 1 aromatic carbocycles. The second-order valence-corrected chi connectivity index (χ2v) is 6.39. The molecule has 0 radical (unpaired) electrons. The Kier molecular flexibility index (Phi) is 4.48. The molecule has 116 valence electrons. The van der Waals surface area contributed by atoms with Crippen LogP contribution in [0.25, 0.3) is 0 Å². The summed E-state index contributed by atoms with van der Waals surface area (Å²) in [5.41, 5.74) is 0.496. The lowest BCUT2D eigenvalue weighted by atomic mass is 10.0. The first kappa shape index (κ1) is 14.8. The predicted molar refractivity (Wildman–Crippen MR) is 81.7 cm³/mol. The number of aryl methyl sites for hydroxylation is 1. The normalized spacial score (nSPS) is 27.9. The van der Waals surface area contributed by atoms with Crippen LogP contribution >= 0.6 is 0 Å². The molecule has 0 bridgehead atoms. The fraction of sp³-hybridized carbons (Fsp3) is 0.647. The van der Waals surface area contributed by atoms with E-state index in [0.29, 0.717) is 19.2 Å². The Labute approximate surface area is 126 Å². The van der Waals surface area contributed by atoms with Gasteiger partial charge in [0.05, 0.1) is 0 Å². The smallest absolute Gasteiger partial charge is 0.119 e. The molecule has 2 aliphatic rings. The second-order valence-electron chi connectivity index (χ2n) is 6.39. The van der Waals surface area contributed by atoms with E-state index < -0.39 is 5.60 Å². The van der Waals surface area contributed by atoms with Gasteiger partial charge in [-0.2, -0.15) is 0 Å². The molecule has 2 aliphatic heterocycles. The molecule has 0 aromatic heterocycles. The quantitative estimate of drug-likeness (QED) is 0.921. The minimum atomic E-state index is -0.719. The van der Waals surface area contributed by atoms with Crippen molar-refractivity contribution in [2.24, 2.45) is 0 Å². The molecule has 4 heteroatoms. The molecule has 4 nitrogen and oxygen atoms in total. The first-order valence-corrected chi connectivity index (χ1v) is 7.88. The van der Waals surface area contributed by atoms with Gasteiger partial charge in [-0.05, 0) is 38.3 Å². The van der Waals surface area contributed by atoms with Crippen LogP contribution in [0.4, 0.5) is 0 Å². The van der Waals surface area contributed by atoms with E-state index >= 15 is 0 Å². The summed E-state index contributed by atoms with van der Waals surface area (Å²) in [6.07, 6.45) is 2.94. The molecule has 0 spiro atoms. The number of rotatable bonds is 4. The highest BCUT2D eigenvalue weighted by molar-refractivity contribution is 5.26. The minimum absolute atomic E-state index is 0.371. The van der Waals surface area contributed by atoms with Gasteiger partial charge in [0.25, 0.3) is 0 Å². The lowest BCUT2D eigenvalue weighted by Gasteiger charge is -2.32. The summed E-state index contributed by atoms with van der Waals surface area (Å²) in [4.78, 5) is 2.40. The van der Waals surface area contributed by atoms with Crippen molar-refractivity contribution in [3.8, 4) is 5.75 Å². The third-order valence-electron chi connectivity index (χ3n) is 4.60. The number of ether oxygens (including phenoxy) is 2. The Morgan fingerprint density at radius 2 is 2.00 bits per heavy atom. The predicted octanol–water partition coefficient (Wildman–Crippen LogP) is 1.99. The minimum Gasteiger partial charge on any atom is -0.491 e. The van der Waals surface area contributed by atoms with E-state index in [1.807, 2.05) is 24.3 Å². The van der Waals surface area contributed by atoms with Crippen LogP contribution in [0.1, 0.15) is 24.8 Å². The van der Waals surface area contributed by atoms with Crippen LogP contribution in [-0.2, 0) is 4.74 Å². The number of nitrogens with zero attached hydrogens (tertiary/aromatic N) is 1. The summed E-state index contributed by atoms with van der Waals surface area (Å²) in [6.45, 7) is 5.79. The van der Waals surface area contributed by atoms with Gasteiger partial charge in [0.15, 0.2) is 0 Å². The number of likely N-dealkylation sites (tertiary alicyclic amines) is 1. The molecule has 2 fully saturated rings. The standard InChI is InChI=1S/C17H25NO3/c1-14-2-4-16(5-3-14)21-13-17(19)8-9-18(12-17)15-6-10-20-11-7-15/h2-5,15,19H,6-13H2,1H3/t17-/m0/s1. The topological polar surface area (TPSA) is 41.9 Å². The van der Waals surface area contributed by atoms with E-state index in [1.165, 1.54) is 5.56 Å². The molecule has 1 aromatic rings. The van der Waals surface area contributed by atoms with Crippen LogP contribution in [0, 0.1) is 6.92 Å². The summed E-state index contributed by atoms with van der Waals surface area (Å²) in [5.74, 6) is 0.832. The zero-order valence-corrected chi connectivity index (χ0v) is 12.8. The lowest BCUT2D eigenvalue weighted by molar-refractivity contribution is -0.00996. The SMILES string of the molecule is Cc1ccc(OC[C@]2(O)CCN(C3CCOCC3)C2)cc1. The number of aliphatic hydroxyl groups is 1. The zero-order chi connectivity index (χ0) is 14.7. The molecule has 2 heterocycles. The van der Waals surface area contributed by atoms with Crippen molar-refractivity contribution in [1.29, 1.82) is 0 Å². The Morgan fingerprint density at radius 3 is 2.71 bits per heavy atom. The van der Waals surface area contributed by atoms with Crippen molar-refractivity contribution in [1.82, 2.24) is 4.90 Å². The zero-order valence-electron chi connectivity index (χ0n) is 12.8. The monoisotopic (exact) mass is 291 g/mol. The van der Waals surface area contributed by atoms with E-state index in [-0.39, 0.29) is 0 Å². The van der Waals surface area contributed by atoms with Crippen molar-refractivity contribution in [2.75, 3.05) is 32.9 Å². The van der Waals surface area contributed by atoms with E-state index in [1.54, 1.807) is 0 Å². The van der Waals surface area contributed by atoms with Gasteiger partial charge in [0, 0.05) is 32.3 Å². The summed E-state index contributed by atoms with van der Waals surface area (Å²) >= 11 is 0. The van der Waals surface area contributed by atoms with Crippen molar-refractivity contribution >= 4 is 0 Å². The number of β-amino-alcohol motifs (C(OH)–C–C–N with tert-alkyl or cyclic N) is 1. The average molecular weight is 291 g/mol. The lowest BCUT2D eigenvalue weighted by Crippen LogP contribution is -2.43. The molecule has 2 saturated heterocycles.